The number of carbonyl (C=O) groups is 1. The summed E-state index contributed by atoms with van der Waals surface area (Å²) >= 11 is 0. The van der Waals surface area contributed by atoms with Crippen molar-refractivity contribution < 1.29 is 13.7 Å². The maximum Gasteiger partial charge on any atom is 0.293 e. The predicted molar refractivity (Wildman–Crippen MR) is 62.8 cm³/mol. The summed E-state index contributed by atoms with van der Waals surface area (Å²) in [4.78, 5) is 15.2. The summed E-state index contributed by atoms with van der Waals surface area (Å²) in [5.74, 6) is -0.185. The smallest absolute Gasteiger partial charge is 0.293 e. The lowest BCUT2D eigenvalue weighted by Crippen LogP contribution is -2.21. The van der Waals surface area contributed by atoms with Gasteiger partial charge in [-0.1, -0.05) is 17.3 Å². The van der Waals surface area contributed by atoms with Crippen LogP contribution in [0.25, 0.3) is 0 Å². The topological polar surface area (TPSA) is 56.0 Å². The summed E-state index contributed by atoms with van der Waals surface area (Å²) in [5.41, 5.74) is 0.296. The summed E-state index contributed by atoms with van der Waals surface area (Å²) < 4.78 is 17.8. The lowest BCUT2D eigenvalue weighted by molar-refractivity contribution is 0.0972. The van der Waals surface area contributed by atoms with Crippen LogP contribution in [0.2, 0.25) is 0 Å². The Balaban J connectivity index is 2.40. The summed E-state index contributed by atoms with van der Waals surface area (Å²) in [5, 5.41) is 3.81. The van der Waals surface area contributed by atoms with Crippen LogP contribution in [-0.2, 0) is 5.41 Å². The van der Waals surface area contributed by atoms with Crippen molar-refractivity contribution in [1.82, 2.24) is 10.1 Å². The number of benzene rings is 1. The molecule has 0 bridgehead atoms. The van der Waals surface area contributed by atoms with Crippen molar-refractivity contribution in [3.63, 3.8) is 0 Å². The third-order valence-electron chi connectivity index (χ3n) is 2.85. The maximum atomic E-state index is 12.9. The van der Waals surface area contributed by atoms with E-state index in [9.17, 15) is 9.18 Å². The summed E-state index contributed by atoms with van der Waals surface area (Å²) in [6, 6.07) is 6.09. The lowest BCUT2D eigenvalue weighted by Gasteiger charge is -2.20. The highest BCUT2D eigenvalue weighted by molar-refractivity contribution is 5.89. The second-order valence-electron chi connectivity index (χ2n) is 4.61. The van der Waals surface area contributed by atoms with E-state index < -0.39 is 5.41 Å². The highest BCUT2D eigenvalue weighted by atomic mass is 19.1. The number of ketones is 1. The number of Topliss-reactive ketones (excluding diaryl/α,β-unsaturated/α-hetero) is 1. The van der Waals surface area contributed by atoms with Crippen molar-refractivity contribution in [3.05, 3.63) is 47.4 Å². The molecule has 18 heavy (non-hydrogen) atoms. The fourth-order valence-corrected chi connectivity index (χ4v) is 1.62. The molecule has 0 unspecified atom stereocenters. The molecule has 0 saturated heterocycles. The molecular weight excluding hydrogens is 235 g/mol. The van der Waals surface area contributed by atoms with E-state index in [-0.39, 0.29) is 17.5 Å². The zero-order valence-corrected chi connectivity index (χ0v) is 10.4. The molecule has 2 aromatic rings. The zero-order valence-electron chi connectivity index (χ0n) is 10.4. The molecule has 1 aromatic carbocycles. The SMILES string of the molecule is CC(=O)c1nc(C(C)(C)c2ccc(F)cc2)no1. The molecule has 0 aliphatic carbocycles. The molecule has 0 aliphatic heterocycles. The van der Waals surface area contributed by atoms with Gasteiger partial charge in [0.15, 0.2) is 5.82 Å². The van der Waals surface area contributed by atoms with Gasteiger partial charge in [-0.05, 0) is 31.5 Å². The molecule has 0 amide bonds. The van der Waals surface area contributed by atoms with Crippen LogP contribution in [0, 0.1) is 5.82 Å². The molecule has 1 heterocycles. The molecule has 5 heteroatoms. The standard InChI is InChI=1S/C13H13FN2O2/c1-8(17)11-15-12(16-18-11)13(2,3)9-4-6-10(14)7-5-9/h4-7H,1-3H3. The average molecular weight is 248 g/mol. The van der Waals surface area contributed by atoms with Gasteiger partial charge in [-0.25, -0.2) is 4.39 Å². The van der Waals surface area contributed by atoms with Crippen molar-refractivity contribution in [1.29, 1.82) is 0 Å². The normalized spacial score (nSPS) is 11.6. The van der Waals surface area contributed by atoms with Crippen LogP contribution in [0.15, 0.2) is 28.8 Å². The Labute approximate surface area is 104 Å². The van der Waals surface area contributed by atoms with Crippen LogP contribution < -0.4 is 0 Å². The summed E-state index contributed by atoms with van der Waals surface area (Å²) in [6.07, 6.45) is 0. The largest absolute Gasteiger partial charge is 0.331 e. The Bertz CT molecular complexity index is 573. The lowest BCUT2D eigenvalue weighted by atomic mass is 9.84. The van der Waals surface area contributed by atoms with E-state index in [1.807, 2.05) is 13.8 Å². The molecule has 0 aliphatic rings. The number of nitrogens with zero attached hydrogens (tertiary/aromatic N) is 2. The summed E-state index contributed by atoms with van der Waals surface area (Å²) in [7, 11) is 0. The maximum absolute atomic E-state index is 12.9. The predicted octanol–water partition coefficient (Wildman–Crippen LogP) is 2.74. The molecule has 2 rings (SSSR count). The van der Waals surface area contributed by atoms with Gasteiger partial charge in [0.05, 0.1) is 5.41 Å². The van der Waals surface area contributed by atoms with Crippen molar-refractivity contribution >= 4 is 5.78 Å². The Morgan fingerprint density at radius 2 is 1.89 bits per heavy atom. The summed E-state index contributed by atoms with van der Waals surface area (Å²) in [6.45, 7) is 5.13. The number of hydrogen-bond donors (Lipinski definition) is 0. The van der Waals surface area contributed by atoms with Gasteiger partial charge in [-0.3, -0.25) is 4.79 Å². The van der Waals surface area contributed by atoms with Crippen molar-refractivity contribution in [2.24, 2.45) is 0 Å². The number of rotatable bonds is 3. The van der Waals surface area contributed by atoms with Gasteiger partial charge in [0.1, 0.15) is 5.82 Å². The van der Waals surface area contributed by atoms with E-state index in [4.69, 9.17) is 4.52 Å². The van der Waals surface area contributed by atoms with E-state index in [1.54, 1.807) is 12.1 Å². The monoisotopic (exact) mass is 248 g/mol. The van der Waals surface area contributed by atoms with E-state index in [2.05, 4.69) is 10.1 Å². The Hall–Kier alpha value is -2.04. The van der Waals surface area contributed by atoms with Crippen molar-refractivity contribution in [2.45, 2.75) is 26.2 Å². The first-order valence-corrected chi connectivity index (χ1v) is 5.52. The number of halogens is 1. The van der Waals surface area contributed by atoms with E-state index >= 15 is 0 Å². The van der Waals surface area contributed by atoms with Gasteiger partial charge in [0.25, 0.3) is 5.89 Å². The van der Waals surface area contributed by atoms with Crippen LogP contribution >= 0.6 is 0 Å². The molecule has 0 saturated carbocycles. The van der Waals surface area contributed by atoms with E-state index in [0.29, 0.717) is 5.82 Å². The fourth-order valence-electron chi connectivity index (χ4n) is 1.62. The second kappa shape index (κ2) is 4.33. The highest BCUT2D eigenvalue weighted by Crippen LogP contribution is 2.29. The Kier molecular flexibility index (Phi) is 2.98. The quantitative estimate of drug-likeness (QED) is 0.784. The van der Waals surface area contributed by atoms with Gasteiger partial charge in [0, 0.05) is 6.92 Å². The number of hydrogen-bond acceptors (Lipinski definition) is 4. The molecule has 1 aromatic heterocycles. The van der Waals surface area contributed by atoms with Gasteiger partial charge < -0.3 is 4.52 Å². The Morgan fingerprint density at radius 3 is 2.39 bits per heavy atom. The van der Waals surface area contributed by atoms with Crippen molar-refractivity contribution in [2.75, 3.05) is 0 Å². The minimum Gasteiger partial charge on any atom is -0.331 e. The Morgan fingerprint density at radius 1 is 1.28 bits per heavy atom. The van der Waals surface area contributed by atoms with Crippen molar-refractivity contribution in [3.8, 4) is 0 Å². The highest BCUT2D eigenvalue weighted by Gasteiger charge is 2.29. The van der Waals surface area contributed by atoms with Crippen LogP contribution in [0.3, 0.4) is 0 Å². The minimum absolute atomic E-state index is 0.0137. The number of aromatic nitrogens is 2. The first-order chi connectivity index (χ1) is 8.41. The molecular formula is C13H13FN2O2. The third-order valence-corrected chi connectivity index (χ3v) is 2.85. The van der Waals surface area contributed by atoms with E-state index in [0.717, 1.165) is 5.56 Å². The zero-order chi connectivity index (χ0) is 13.3. The number of carbonyl (C=O) groups excluding carboxylic acids is 1. The molecule has 94 valence electrons. The fraction of sp³-hybridized carbons (Fsp3) is 0.308. The first kappa shape index (κ1) is 12.4. The molecule has 0 N–H and O–H groups in total. The first-order valence-electron chi connectivity index (χ1n) is 5.52. The van der Waals surface area contributed by atoms with Gasteiger partial charge in [-0.15, -0.1) is 0 Å². The molecule has 0 radical (unpaired) electrons. The van der Waals surface area contributed by atoms with Crippen LogP contribution in [0.4, 0.5) is 4.39 Å². The molecule has 0 atom stereocenters. The second-order valence-corrected chi connectivity index (χ2v) is 4.61. The van der Waals surface area contributed by atoms with Gasteiger partial charge in [-0.2, -0.15) is 4.98 Å². The van der Waals surface area contributed by atoms with Crippen LogP contribution in [-0.4, -0.2) is 15.9 Å². The molecule has 4 nitrogen and oxygen atoms in total. The molecule has 0 spiro atoms. The van der Waals surface area contributed by atoms with Gasteiger partial charge in [0.2, 0.25) is 5.78 Å². The molecule has 0 fully saturated rings. The third kappa shape index (κ3) is 2.16. The average Bonchev–Trinajstić information content (AvgIpc) is 2.79. The van der Waals surface area contributed by atoms with Crippen LogP contribution in [0.5, 0.6) is 0 Å². The van der Waals surface area contributed by atoms with Crippen LogP contribution in [0.1, 0.15) is 42.8 Å². The van der Waals surface area contributed by atoms with Gasteiger partial charge >= 0.3 is 0 Å². The van der Waals surface area contributed by atoms with E-state index in [1.165, 1.54) is 19.1 Å². The minimum atomic E-state index is -0.551.